The summed E-state index contributed by atoms with van der Waals surface area (Å²) < 4.78 is 14.5. The first-order valence-corrected chi connectivity index (χ1v) is 12.3. The lowest BCUT2D eigenvalue weighted by molar-refractivity contribution is 0.0698. The van der Waals surface area contributed by atoms with Crippen LogP contribution in [-0.4, -0.2) is 41.9 Å². The molecule has 0 aliphatic carbocycles. The summed E-state index contributed by atoms with van der Waals surface area (Å²) in [6, 6.07) is 24.8. The van der Waals surface area contributed by atoms with Gasteiger partial charge in [-0.1, -0.05) is 80.0 Å². The lowest BCUT2D eigenvalue weighted by atomic mass is 9.88. The quantitative estimate of drug-likeness (QED) is 0.369. The maximum Gasteiger partial charge on any atom is 0.256 e. The minimum absolute atomic E-state index is 0.149. The standard InChI is InChI=1S/C29H32ClFN2O/c1-21(2)16-33(29(34)26-10-6-7-11-28(26)31)19-24-18-32(17-22-12-14-25(30)15-13-22)20-27(24)23-8-4-3-5-9-23/h3-15,21,24,27H,16-20H2,1-2H3/t24-,27-/m0/s1. The molecule has 2 atom stereocenters. The average molecular weight is 479 g/mol. The Balaban J connectivity index is 1.57. The van der Waals surface area contributed by atoms with E-state index in [1.165, 1.54) is 17.2 Å². The Bertz CT molecular complexity index is 1090. The highest BCUT2D eigenvalue weighted by atomic mass is 35.5. The molecule has 1 aliphatic rings. The van der Waals surface area contributed by atoms with Gasteiger partial charge >= 0.3 is 0 Å². The zero-order valence-corrected chi connectivity index (χ0v) is 20.6. The third-order valence-electron chi connectivity index (χ3n) is 6.50. The number of halogens is 2. The molecule has 0 N–H and O–H groups in total. The van der Waals surface area contributed by atoms with Crippen molar-refractivity contribution in [1.82, 2.24) is 9.80 Å². The first-order valence-electron chi connectivity index (χ1n) is 12.0. The molecule has 1 aliphatic heterocycles. The lowest BCUT2D eigenvalue weighted by Gasteiger charge is -2.30. The molecular formula is C29H32ClFN2O. The molecule has 1 amide bonds. The maximum absolute atomic E-state index is 14.5. The van der Waals surface area contributed by atoms with Gasteiger partial charge in [-0.3, -0.25) is 9.69 Å². The third-order valence-corrected chi connectivity index (χ3v) is 6.75. The summed E-state index contributed by atoms with van der Waals surface area (Å²) in [7, 11) is 0. The van der Waals surface area contributed by atoms with Crippen LogP contribution in [0.4, 0.5) is 4.39 Å². The predicted octanol–water partition coefficient (Wildman–Crippen LogP) is 6.49. The number of hydrogen-bond donors (Lipinski definition) is 0. The zero-order valence-electron chi connectivity index (χ0n) is 19.8. The summed E-state index contributed by atoms with van der Waals surface area (Å²) in [5.41, 5.74) is 2.66. The minimum Gasteiger partial charge on any atom is -0.338 e. The van der Waals surface area contributed by atoms with Gasteiger partial charge in [-0.15, -0.1) is 0 Å². The molecule has 0 aromatic heterocycles. The van der Waals surface area contributed by atoms with Gasteiger partial charge in [0, 0.05) is 43.7 Å². The van der Waals surface area contributed by atoms with Gasteiger partial charge in [0.1, 0.15) is 5.82 Å². The number of likely N-dealkylation sites (tertiary alicyclic amines) is 1. The molecule has 1 heterocycles. The summed E-state index contributed by atoms with van der Waals surface area (Å²) in [6.07, 6.45) is 0. The van der Waals surface area contributed by atoms with Crippen molar-refractivity contribution in [3.05, 3.63) is 106 Å². The van der Waals surface area contributed by atoms with Gasteiger partial charge < -0.3 is 4.90 Å². The Labute approximate surface area is 207 Å². The Morgan fingerprint density at radius 3 is 2.35 bits per heavy atom. The van der Waals surface area contributed by atoms with E-state index in [0.29, 0.717) is 19.0 Å². The fourth-order valence-corrected chi connectivity index (χ4v) is 5.10. The molecule has 3 aromatic rings. The predicted molar refractivity (Wildman–Crippen MR) is 137 cm³/mol. The van der Waals surface area contributed by atoms with Crippen LogP contribution in [0.2, 0.25) is 5.02 Å². The van der Waals surface area contributed by atoms with Crippen LogP contribution in [0.15, 0.2) is 78.9 Å². The van der Waals surface area contributed by atoms with Gasteiger partial charge in [-0.05, 0) is 47.2 Å². The largest absolute Gasteiger partial charge is 0.338 e. The van der Waals surface area contributed by atoms with Gasteiger partial charge in [0.15, 0.2) is 0 Å². The highest BCUT2D eigenvalue weighted by Crippen LogP contribution is 2.34. The summed E-state index contributed by atoms with van der Waals surface area (Å²) in [5.74, 6) is 0.157. The van der Waals surface area contributed by atoms with E-state index in [-0.39, 0.29) is 23.3 Å². The molecule has 5 heteroatoms. The molecule has 0 radical (unpaired) electrons. The molecule has 1 saturated heterocycles. The van der Waals surface area contributed by atoms with Crippen molar-refractivity contribution in [2.45, 2.75) is 26.3 Å². The third kappa shape index (κ3) is 6.05. The summed E-state index contributed by atoms with van der Waals surface area (Å²) in [5, 5.41) is 0.737. The summed E-state index contributed by atoms with van der Waals surface area (Å²) in [4.78, 5) is 17.7. The van der Waals surface area contributed by atoms with Crippen molar-refractivity contribution in [2.24, 2.45) is 11.8 Å². The second-order valence-corrected chi connectivity index (χ2v) is 10.1. The number of carbonyl (C=O) groups excluding carboxylic acids is 1. The normalized spacial score (nSPS) is 18.4. The van der Waals surface area contributed by atoms with E-state index in [1.807, 2.05) is 23.1 Å². The second kappa shape index (κ2) is 11.2. The van der Waals surface area contributed by atoms with Gasteiger partial charge in [0.2, 0.25) is 0 Å². The minimum atomic E-state index is -0.461. The summed E-state index contributed by atoms with van der Waals surface area (Å²) in [6.45, 7) is 8.02. The highest BCUT2D eigenvalue weighted by molar-refractivity contribution is 6.30. The Morgan fingerprint density at radius 2 is 1.68 bits per heavy atom. The van der Waals surface area contributed by atoms with Crippen molar-refractivity contribution in [2.75, 3.05) is 26.2 Å². The molecule has 3 aromatic carbocycles. The molecule has 178 valence electrons. The van der Waals surface area contributed by atoms with Crippen LogP contribution in [0, 0.1) is 17.7 Å². The summed E-state index contributed by atoms with van der Waals surface area (Å²) >= 11 is 6.07. The van der Waals surface area contributed by atoms with E-state index in [2.05, 4.69) is 55.1 Å². The van der Waals surface area contributed by atoms with Gasteiger partial charge in [-0.2, -0.15) is 0 Å². The molecule has 0 bridgehead atoms. The van der Waals surface area contributed by atoms with E-state index in [4.69, 9.17) is 11.6 Å². The van der Waals surface area contributed by atoms with E-state index < -0.39 is 5.82 Å². The van der Waals surface area contributed by atoms with Crippen LogP contribution >= 0.6 is 11.6 Å². The number of amides is 1. The number of carbonyl (C=O) groups is 1. The van der Waals surface area contributed by atoms with Crippen LogP contribution in [0.5, 0.6) is 0 Å². The van der Waals surface area contributed by atoms with E-state index in [1.54, 1.807) is 18.2 Å². The van der Waals surface area contributed by atoms with Crippen molar-refractivity contribution < 1.29 is 9.18 Å². The zero-order chi connectivity index (χ0) is 24.1. The number of nitrogens with zero attached hydrogens (tertiary/aromatic N) is 2. The molecular weight excluding hydrogens is 447 g/mol. The van der Waals surface area contributed by atoms with Crippen molar-refractivity contribution in [3.63, 3.8) is 0 Å². The van der Waals surface area contributed by atoms with Crippen molar-refractivity contribution in [3.8, 4) is 0 Å². The topological polar surface area (TPSA) is 23.6 Å². The van der Waals surface area contributed by atoms with E-state index in [9.17, 15) is 9.18 Å². The Kier molecular flexibility index (Phi) is 8.02. The molecule has 0 saturated carbocycles. The molecule has 0 spiro atoms. The Morgan fingerprint density at radius 1 is 1.00 bits per heavy atom. The van der Waals surface area contributed by atoms with Crippen LogP contribution in [0.1, 0.15) is 41.3 Å². The van der Waals surface area contributed by atoms with Crippen molar-refractivity contribution in [1.29, 1.82) is 0 Å². The maximum atomic E-state index is 14.5. The fraction of sp³-hybridized carbons (Fsp3) is 0.345. The molecule has 1 fully saturated rings. The smallest absolute Gasteiger partial charge is 0.256 e. The highest BCUT2D eigenvalue weighted by Gasteiger charge is 2.36. The van der Waals surface area contributed by atoms with Gasteiger partial charge in [0.05, 0.1) is 5.56 Å². The van der Waals surface area contributed by atoms with Crippen LogP contribution in [-0.2, 0) is 6.54 Å². The SMILES string of the molecule is CC(C)CN(C[C@@H]1CN(Cc2ccc(Cl)cc2)C[C@H]1c1ccccc1)C(=O)c1ccccc1F. The second-order valence-electron chi connectivity index (χ2n) is 9.68. The van der Waals surface area contributed by atoms with E-state index >= 15 is 0 Å². The average Bonchev–Trinajstić information content (AvgIpc) is 3.22. The number of benzene rings is 3. The molecule has 34 heavy (non-hydrogen) atoms. The molecule has 3 nitrogen and oxygen atoms in total. The monoisotopic (exact) mass is 478 g/mol. The number of hydrogen-bond acceptors (Lipinski definition) is 2. The van der Waals surface area contributed by atoms with Gasteiger partial charge in [-0.25, -0.2) is 4.39 Å². The lowest BCUT2D eigenvalue weighted by Crippen LogP contribution is -2.40. The van der Waals surface area contributed by atoms with Gasteiger partial charge in [0.25, 0.3) is 5.91 Å². The van der Waals surface area contributed by atoms with Crippen molar-refractivity contribution >= 4 is 17.5 Å². The fourth-order valence-electron chi connectivity index (χ4n) is 4.97. The number of rotatable bonds is 8. The molecule has 0 unspecified atom stereocenters. The first-order chi connectivity index (χ1) is 16.4. The van der Waals surface area contributed by atoms with Crippen LogP contribution < -0.4 is 0 Å². The molecule has 4 rings (SSSR count). The van der Waals surface area contributed by atoms with Crippen LogP contribution in [0.3, 0.4) is 0 Å². The van der Waals surface area contributed by atoms with E-state index in [0.717, 1.165) is 24.7 Å². The Hall–Kier alpha value is -2.69. The van der Waals surface area contributed by atoms with Crippen LogP contribution in [0.25, 0.3) is 0 Å². The first kappa shape index (κ1) is 24.4.